The monoisotopic (exact) mass is 432 g/mol. The molecular formula is C21H21FN2O3S2. The number of aryl methyl sites for hydroxylation is 2. The lowest BCUT2D eigenvalue weighted by atomic mass is 10.0. The molecule has 0 spiro atoms. The number of thiazole rings is 1. The van der Waals surface area contributed by atoms with E-state index < -0.39 is 17.0 Å². The number of carboxylic acid groups (broad SMARTS) is 1. The molecule has 3 aromatic rings. The summed E-state index contributed by atoms with van der Waals surface area (Å²) in [6.45, 7) is 5.94. The van der Waals surface area contributed by atoms with Crippen LogP contribution < -0.4 is 4.72 Å². The first-order valence-corrected chi connectivity index (χ1v) is 10.9. The van der Waals surface area contributed by atoms with Crippen LogP contribution >= 0.6 is 11.3 Å². The van der Waals surface area contributed by atoms with Crippen LogP contribution in [0.2, 0.25) is 0 Å². The van der Waals surface area contributed by atoms with E-state index in [1.165, 1.54) is 29.5 Å². The highest BCUT2D eigenvalue weighted by Crippen LogP contribution is 2.28. The third-order valence-corrected chi connectivity index (χ3v) is 6.86. The molecule has 1 aromatic heterocycles. The first kappa shape index (κ1) is 21.3. The summed E-state index contributed by atoms with van der Waals surface area (Å²) in [5.41, 5.74) is 3.37. The molecule has 1 heterocycles. The van der Waals surface area contributed by atoms with Gasteiger partial charge in [-0.2, -0.15) is 0 Å². The Kier molecular flexibility index (Phi) is 6.56. The van der Waals surface area contributed by atoms with Gasteiger partial charge in [0, 0.05) is 23.4 Å². The van der Waals surface area contributed by atoms with Gasteiger partial charge in [0.25, 0.3) is 0 Å². The molecule has 5 nitrogen and oxygen atoms in total. The molecule has 1 atom stereocenters. The molecule has 0 aliphatic rings. The molecule has 0 saturated carbocycles. The van der Waals surface area contributed by atoms with Gasteiger partial charge in [0.05, 0.1) is 16.2 Å². The number of rotatable bonds is 7. The summed E-state index contributed by atoms with van der Waals surface area (Å²) in [5, 5.41) is 10.1. The minimum absolute atomic E-state index is 0.162. The maximum Gasteiger partial charge on any atom is 0.336 e. The first-order valence-electron chi connectivity index (χ1n) is 8.98. The number of benzene rings is 2. The fourth-order valence-electron chi connectivity index (χ4n) is 2.88. The van der Waals surface area contributed by atoms with E-state index in [9.17, 15) is 18.5 Å². The number of carboxylic acids is 1. The number of hydrogen-bond acceptors (Lipinski definition) is 4. The van der Waals surface area contributed by atoms with Crippen molar-refractivity contribution in [3.05, 3.63) is 69.5 Å². The molecule has 152 valence electrons. The Morgan fingerprint density at radius 3 is 2.55 bits per heavy atom. The summed E-state index contributed by atoms with van der Waals surface area (Å²) in [4.78, 5) is 17.5. The normalized spacial score (nSPS) is 12.1. The second-order valence-electron chi connectivity index (χ2n) is 6.66. The van der Waals surface area contributed by atoms with Crippen LogP contribution in [0.1, 0.15) is 32.1 Å². The lowest BCUT2D eigenvalue weighted by molar-refractivity contribution is 0.0695. The van der Waals surface area contributed by atoms with Crippen molar-refractivity contribution in [2.24, 2.45) is 0 Å². The lowest BCUT2D eigenvalue weighted by Gasteiger charge is -2.10. The van der Waals surface area contributed by atoms with Crippen LogP contribution in [-0.2, 0) is 17.4 Å². The molecule has 29 heavy (non-hydrogen) atoms. The number of hydrogen-bond donors (Lipinski definition) is 2. The van der Waals surface area contributed by atoms with Crippen molar-refractivity contribution in [2.75, 3.05) is 6.54 Å². The van der Waals surface area contributed by atoms with E-state index in [0.717, 1.165) is 26.7 Å². The van der Waals surface area contributed by atoms with Crippen LogP contribution in [0, 0.1) is 26.6 Å². The third-order valence-electron chi connectivity index (χ3n) is 4.66. The topological polar surface area (TPSA) is 79.3 Å². The van der Waals surface area contributed by atoms with Crippen molar-refractivity contribution >= 4 is 28.3 Å². The van der Waals surface area contributed by atoms with E-state index in [4.69, 9.17) is 0 Å². The molecule has 0 radical (unpaired) electrons. The zero-order valence-corrected chi connectivity index (χ0v) is 17.9. The van der Waals surface area contributed by atoms with E-state index in [2.05, 4.69) is 9.71 Å². The third kappa shape index (κ3) is 4.95. The summed E-state index contributed by atoms with van der Waals surface area (Å²) < 4.78 is 28.6. The van der Waals surface area contributed by atoms with E-state index in [-0.39, 0.29) is 11.4 Å². The van der Waals surface area contributed by atoms with Crippen molar-refractivity contribution < 1.29 is 18.5 Å². The van der Waals surface area contributed by atoms with Gasteiger partial charge in [0.15, 0.2) is 0 Å². The lowest BCUT2D eigenvalue weighted by Crippen LogP contribution is -2.21. The fraction of sp³-hybridized carbons (Fsp3) is 0.238. The zero-order chi connectivity index (χ0) is 21.1. The number of aromatic nitrogens is 1. The van der Waals surface area contributed by atoms with E-state index in [1.54, 1.807) is 32.0 Å². The van der Waals surface area contributed by atoms with Gasteiger partial charge in [0.1, 0.15) is 21.8 Å². The summed E-state index contributed by atoms with van der Waals surface area (Å²) >= 11 is 1.53. The Hall–Kier alpha value is -2.42. The molecule has 0 aliphatic heterocycles. The van der Waals surface area contributed by atoms with Gasteiger partial charge >= 0.3 is 5.97 Å². The average Bonchev–Trinajstić information content (AvgIpc) is 3.04. The summed E-state index contributed by atoms with van der Waals surface area (Å²) in [6, 6.07) is 9.41. The van der Waals surface area contributed by atoms with Gasteiger partial charge < -0.3 is 5.11 Å². The number of halogens is 1. The Morgan fingerprint density at radius 1 is 1.21 bits per heavy atom. The first-order chi connectivity index (χ1) is 13.8. The highest BCUT2D eigenvalue weighted by Gasteiger charge is 2.15. The Bertz CT molecular complexity index is 1080. The van der Waals surface area contributed by atoms with Crippen molar-refractivity contribution in [3.63, 3.8) is 0 Å². The van der Waals surface area contributed by atoms with E-state index in [1.807, 2.05) is 6.92 Å². The standard InChI is InChI=1S/C21H21FN2O3S2/c1-12-10-17(11-18(13(12)2)21(25)26)29(27)23-9-8-19-14(3)28-20(24-19)15-4-6-16(22)7-5-15/h4-7,10-11,23H,8-9H2,1-3H3,(H,25,26). The number of aromatic carboxylic acids is 1. The van der Waals surface area contributed by atoms with Gasteiger partial charge in [-0.05, 0) is 68.3 Å². The Labute approximate surface area is 175 Å². The summed E-state index contributed by atoms with van der Waals surface area (Å²) in [5.74, 6) is -1.32. The van der Waals surface area contributed by atoms with Gasteiger partial charge in [-0.25, -0.2) is 23.1 Å². The number of nitrogens with one attached hydrogen (secondary N) is 1. The van der Waals surface area contributed by atoms with Gasteiger partial charge in [0.2, 0.25) is 0 Å². The zero-order valence-electron chi connectivity index (χ0n) is 16.3. The average molecular weight is 433 g/mol. The van der Waals surface area contributed by atoms with Crippen LogP contribution in [0.5, 0.6) is 0 Å². The van der Waals surface area contributed by atoms with Gasteiger partial charge in [-0.1, -0.05) is 0 Å². The van der Waals surface area contributed by atoms with Gasteiger partial charge in [-0.15, -0.1) is 11.3 Å². The van der Waals surface area contributed by atoms with E-state index >= 15 is 0 Å². The van der Waals surface area contributed by atoms with Crippen molar-refractivity contribution in [1.82, 2.24) is 9.71 Å². The minimum atomic E-state index is -1.52. The maximum atomic E-state index is 13.1. The second kappa shape index (κ2) is 8.94. The highest BCUT2D eigenvalue weighted by atomic mass is 32.2. The fourth-order valence-corrected chi connectivity index (χ4v) is 4.80. The molecule has 8 heteroatoms. The highest BCUT2D eigenvalue weighted by molar-refractivity contribution is 7.83. The maximum absolute atomic E-state index is 13.1. The van der Waals surface area contributed by atoms with Crippen LogP contribution in [0.15, 0.2) is 41.3 Å². The molecule has 2 aromatic carbocycles. The predicted molar refractivity (Wildman–Crippen MR) is 113 cm³/mol. The molecule has 3 rings (SSSR count). The van der Waals surface area contributed by atoms with Crippen molar-refractivity contribution in [1.29, 1.82) is 0 Å². The number of nitrogens with zero attached hydrogens (tertiary/aromatic N) is 1. The largest absolute Gasteiger partial charge is 0.478 e. The van der Waals surface area contributed by atoms with E-state index in [0.29, 0.717) is 23.4 Å². The van der Waals surface area contributed by atoms with Crippen LogP contribution in [0.3, 0.4) is 0 Å². The second-order valence-corrected chi connectivity index (χ2v) is 9.16. The summed E-state index contributed by atoms with van der Waals surface area (Å²) in [6.07, 6.45) is 0.575. The predicted octanol–water partition coefficient (Wildman–Crippen LogP) is 4.43. The molecule has 1 unspecified atom stereocenters. The Morgan fingerprint density at radius 2 is 1.90 bits per heavy atom. The Balaban J connectivity index is 1.67. The molecule has 2 N–H and O–H groups in total. The molecule has 0 saturated heterocycles. The van der Waals surface area contributed by atoms with Crippen molar-refractivity contribution in [3.8, 4) is 10.6 Å². The molecular weight excluding hydrogens is 411 g/mol. The van der Waals surface area contributed by atoms with Crippen LogP contribution in [0.25, 0.3) is 10.6 Å². The smallest absolute Gasteiger partial charge is 0.336 e. The molecule has 0 bridgehead atoms. The van der Waals surface area contributed by atoms with Crippen LogP contribution in [0.4, 0.5) is 4.39 Å². The quantitative estimate of drug-likeness (QED) is 0.579. The van der Waals surface area contributed by atoms with Crippen molar-refractivity contribution in [2.45, 2.75) is 32.1 Å². The minimum Gasteiger partial charge on any atom is -0.478 e. The SMILES string of the molecule is Cc1cc(S(=O)NCCc2nc(-c3ccc(F)cc3)sc2C)cc(C(=O)O)c1C. The van der Waals surface area contributed by atoms with Crippen LogP contribution in [-0.4, -0.2) is 26.8 Å². The summed E-state index contributed by atoms with van der Waals surface area (Å²) in [7, 11) is -1.52. The molecule has 0 aliphatic carbocycles. The number of carbonyl (C=O) groups is 1. The van der Waals surface area contributed by atoms with Gasteiger partial charge in [-0.3, -0.25) is 0 Å². The molecule has 0 fully saturated rings. The molecule has 0 amide bonds.